The van der Waals surface area contributed by atoms with Crippen molar-refractivity contribution in [2.75, 3.05) is 0 Å². The van der Waals surface area contributed by atoms with Gasteiger partial charge in [0.1, 0.15) is 6.07 Å². The molecule has 11 rings (SSSR count). The van der Waals surface area contributed by atoms with Gasteiger partial charge < -0.3 is 13.6 Å². The molecule has 0 N–H and O–H groups in total. The number of nitriles is 1. The van der Waals surface area contributed by atoms with Crippen molar-refractivity contribution < 1.29 is 28.9 Å². The van der Waals surface area contributed by atoms with Crippen LogP contribution in [0.25, 0.3) is 89.3 Å². The second kappa shape index (κ2) is 21.2. The van der Waals surface area contributed by atoms with Crippen LogP contribution < -0.4 is 5.19 Å². The minimum absolute atomic E-state index is 0. The van der Waals surface area contributed by atoms with E-state index in [-0.39, 0.29) is 43.1 Å². The molecule has 0 saturated carbocycles. The van der Waals surface area contributed by atoms with E-state index in [4.69, 9.17) is 14.4 Å². The molecule has 0 saturated heterocycles. The van der Waals surface area contributed by atoms with E-state index in [1.54, 1.807) is 6.07 Å². The Balaban J connectivity index is 0.000000209. The van der Waals surface area contributed by atoms with Gasteiger partial charge in [0.15, 0.2) is 11.4 Å². The predicted octanol–water partition coefficient (Wildman–Crippen LogP) is 17.6. The van der Waals surface area contributed by atoms with E-state index >= 15 is 4.39 Å². The summed E-state index contributed by atoms with van der Waals surface area (Å²) in [7, 11) is -1.42. The number of nitrogens with zero attached hydrogens (tertiary/aromatic N) is 5. The molecule has 0 aliphatic carbocycles. The molecule has 9 heteroatoms. The summed E-state index contributed by atoms with van der Waals surface area (Å²) in [5, 5.41) is 12.3. The Hall–Kier alpha value is -7.21. The average molecular weight is 1180 g/mol. The first-order valence-corrected chi connectivity index (χ1v) is 29.4. The molecule has 0 amide bonds. The summed E-state index contributed by atoms with van der Waals surface area (Å²) in [6, 6.07) is 60.8. The Morgan fingerprint density at radius 2 is 1.08 bits per heavy atom. The number of para-hydroxylation sites is 5. The largest absolute Gasteiger partial charge is 0.497 e. The standard InChI is InChI=1S/C41H37FN3OSi.C25H25N2.Ir/c1-24(2)33-21-28(26-15-18-29(19-16-26)47(5,6)7)22-34(25(3)4)38(33)45-36-14-9-8-13-35(36)44-41(45)32-12-10-11-30-31-20-17-27(23-43)37(42)40(31)46-39(30)32;1-17(2)20-13-10-14-21(18(3)4)24(20)27-23-16-9-8-15-22(23)26-25(27)19-11-6-5-7-12-19;/h8-11,13-22,24-25H,1-7H3;5-11,13-18H,1-4H3;/q2*-1;. The summed E-state index contributed by atoms with van der Waals surface area (Å²) in [4.78, 5) is 10.2. The number of fused-ring (bicyclic) bond motifs is 5. The third kappa shape index (κ3) is 9.72. The molecule has 0 unspecified atom stereocenters. The SMILES string of the molecule is CC(C)c1cc(-c2ccc([Si](C)(C)C)cc2)cc(C(C)C)c1-n1c(-c2[c-]ccc3c2oc2c(F)c(C#N)ccc23)nc2ccccc21.CC(C)c1cccc(C(C)C)c1-n1c(-c2[c-]cccc2)nc2ccccc21.[Ir]. The molecule has 3 heterocycles. The summed E-state index contributed by atoms with van der Waals surface area (Å²) in [6.45, 7) is 25.1. The first-order chi connectivity index (χ1) is 35.5. The van der Waals surface area contributed by atoms with Crippen molar-refractivity contribution in [1.29, 1.82) is 5.26 Å². The maximum absolute atomic E-state index is 15.3. The van der Waals surface area contributed by atoms with Gasteiger partial charge in [-0.1, -0.05) is 164 Å². The van der Waals surface area contributed by atoms with Crippen LogP contribution >= 0.6 is 0 Å². The van der Waals surface area contributed by atoms with Gasteiger partial charge in [0.05, 0.1) is 52.9 Å². The molecule has 75 heavy (non-hydrogen) atoms. The van der Waals surface area contributed by atoms with Crippen LogP contribution in [0.4, 0.5) is 4.39 Å². The Morgan fingerprint density at radius 1 is 0.547 bits per heavy atom. The van der Waals surface area contributed by atoms with Gasteiger partial charge in [0, 0.05) is 36.9 Å². The molecule has 0 aliphatic rings. The summed E-state index contributed by atoms with van der Waals surface area (Å²) in [6.07, 6.45) is 0. The fraction of sp³-hybridized carbons (Fsp3) is 0.227. The first kappa shape index (κ1) is 52.6. The van der Waals surface area contributed by atoms with Crippen molar-refractivity contribution >= 4 is 57.3 Å². The molecule has 0 spiro atoms. The van der Waals surface area contributed by atoms with E-state index in [0.29, 0.717) is 34.2 Å². The second-order valence-electron chi connectivity index (χ2n) is 21.6. The van der Waals surface area contributed by atoms with Gasteiger partial charge in [0.2, 0.25) is 0 Å². The van der Waals surface area contributed by atoms with Crippen LogP contribution in [-0.2, 0) is 20.1 Å². The molecular formula is C66H62FIrN5OSi-2. The van der Waals surface area contributed by atoms with Gasteiger partial charge in [-0.25, -0.2) is 4.39 Å². The van der Waals surface area contributed by atoms with Gasteiger partial charge >= 0.3 is 0 Å². The molecule has 11 aromatic rings. The summed E-state index contributed by atoms with van der Waals surface area (Å²) >= 11 is 0. The second-order valence-corrected chi connectivity index (χ2v) is 26.7. The van der Waals surface area contributed by atoms with Crippen molar-refractivity contribution in [2.45, 2.75) is 98.7 Å². The number of aromatic nitrogens is 4. The quantitative estimate of drug-likeness (QED) is 0.101. The van der Waals surface area contributed by atoms with E-state index in [9.17, 15) is 5.26 Å². The molecule has 0 atom stereocenters. The zero-order valence-electron chi connectivity index (χ0n) is 44.6. The zero-order valence-corrected chi connectivity index (χ0v) is 48.0. The Morgan fingerprint density at radius 3 is 1.63 bits per heavy atom. The number of imidazole rings is 2. The minimum atomic E-state index is -1.42. The fourth-order valence-corrected chi connectivity index (χ4v) is 11.5. The van der Waals surface area contributed by atoms with Crippen LogP contribution in [-0.4, -0.2) is 27.2 Å². The number of benzene rings is 8. The molecule has 379 valence electrons. The van der Waals surface area contributed by atoms with Crippen LogP contribution in [0.3, 0.4) is 0 Å². The normalized spacial score (nSPS) is 11.8. The minimum Gasteiger partial charge on any atom is -0.497 e. The smallest absolute Gasteiger partial charge is 0.182 e. The van der Waals surface area contributed by atoms with Crippen molar-refractivity contribution in [3.63, 3.8) is 0 Å². The maximum Gasteiger partial charge on any atom is 0.182 e. The van der Waals surface area contributed by atoms with Gasteiger partial charge in [0.25, 0.3) is 0 Å². The molecular weight excluding hydrogens is 1120 g/mol. The van der Waals surface area contributed by atoms with Crippen LogP contribution in [0.5, 0.6) is 0 Å². The molecule has 0 bridgehead atoms. The Kier molecular flexibility index (Phi) is 14.9. The monoisotopic (exact) mass is 1180 g/mol. The van der Waals surface area contributed by atoms with E-state index in [1.165, 1.54) is 50.3 Å². The first-order valence-electron chi connectivity index (χ1n) is 25.9. The third-order valence-electron chi connectivity index (χ3n) is 14.2. The summed E-state index contributed by atoms with van der Waals surface area (Å²) in [5.74, 6) is 2.24. The van der Waals surface area contributed by atoms with E-state index in [1.807, 2.05) is 54.6 Å². The number of halogens is 1. The van der Waals surface area contributed by atoms with E-state index < -0.39 is 13.9 Å². The maximum atomic E-state index is 15.3. The summed E-state index contributed by atoms with van der Waals surface area (Å²) in [5.41, 5.74) is 16.0. The summed E-state index contributed by atoms with van der Waals surface area (Å²) < 4.78 is 26.2. The van der Waals surface area contributed by atoms with E-state index in [0.717, 1.165) is 44.5 Å². The van der Waals surface area contributed by atoms with Crippen LogP contribution in [0.15, 0.2) is 156 Å². The van der Waals surface area contributed by atoms with Crippen molar-refractivity contribution in [3.8, 4) is 51.3 Å². The van der Waals surface area contributed by atoms with Gasteiger partial charge in [-0.3, -0.25) is 9.97 Å². The van der Waals surface area contributed by atoms with E-state index in [2.05, 4.69) is 187 Å². The number of hydrogen-bond acceptors (Lipinski definition) is 4. The van der Waals surface area contributed by atoms with Crippen molar-refractivity contribution in [1.82, 2.24) is 19.1 Å². The third-order valence-corrected chi connectivity index (χ3v) is 16.3. The fourth-order valence-electron chi connectivity index (χ4n) is 10.3. The topological polar surface area (TPSA) is 72.6 Å². The zero-order chi connectivity index (χ0) is 52.2. The van der Waals surface area contributed by atoms with Crippen LogP contribution in [0.2, 0.25) is 19.6 Å². The van der Waals surface area contributed by atoms with Gasteiger partial charge in [-0.15, -0.1) is 54.1 Å². The molecule has 6 nitrogen and oxygen atoms in total. The Labute approximate surface area is 455 Å². The predicted molar refractivity (Wildman–Crippen MR) is 307 cm³/mol. The average Bonchev–Trinajstić information content (AvgIpc) is 4.10. The number of furan rings is 1. The van der Waals surface area contributed by atoms with Gasteiger partial charge in [-0.2, -0.15) is 5.26 Å². The van der Waals surface area contributed by atoms with Crippen LogP contribution in [0, 0.1) is 29.3 Å². The molecule has 8 aromatic carbocycles. The molecule has 0 fully saturated rings. The Bertz CT molecular complexity index is 3870. The molecule has 1 radical (unpaired) electrons. The van der Waals surface area contributed by atoms with Crippen molar-refractivity contribution in [3.05, 3.63) is 197 Å². The molecule has 0 aliphatic heterocycles. The van der Waals surface area contributed by atoms with Crippen LogP contribution in [0.1, 0.15) is 107 Å². The number of hydrogen-bond donors (Lipinski definition) is 0. The van der Waals surface area contributed by atoms with Crippen molar-refractivity contribution in [2.24, 2.45) is 0 Å². The van der Waals surface area contributed by atoms with Gasteiger partial charge in [-0.05, 0) is 99.5 Å². The molecule has 3 aromatic heterocycles. The number of rotatable bonds is 10.